The predicted octanol–water partition coefficient (Wildman–Crippen LogP) is -0.174. The van der Waals surface area contributed by atoms with Gasteiger partial charge in [0.05, 0.1) is 6.54 Å². The average molecular weight is 234 g/mol. The van der Waals surface area contributed by atoms with Gasteiger partial charge in [-0.15, -0.1) is 0 Å². The number of rotatable bonds is 2. The number of hydrogen-bond acceptors (Lipinski definition) is 4. The summed E-state index contributed by atoms with van der Waals surface area (Å²) in [7, 11) is 0. The fraction of sp³-hybridized carbons (Fsp3) is 0.273. The Balaban J connectivity index is 2.09. The lowest BCUT2D eigenvalue weighted by molar-refractivity contribution is -0.118. The van der Waals surface area contributed by atoms with Crippen molar-refractivity contribution in [2.24, 2.45) is 5.73 Å². The third kappa shape index (κ3) is 2.47. The number of benzene rings is 1. The topological polar surface area (TPSA) is 101 Å². The number of hydrogen-bond donors (Lipinski definition) is 3. The molecule has 90 valence electrons. The highest BCUT2D eigenvalue weighted by atomic mass is 16.2. The number of nitrogens with zero attached hydrogens (tertiary/aromatic N) is 1. The van der Waals surface area contributed by atoms with Crippen LogP contribution in [0.25, 0.3) is 0 Å². The lowest BCUT2D eigenvalue weighted by Crippen LogP contribution is -2.41. The van der Waals surface area contributed by atoms with E-state index in [4.69, 9.17) is 11.5 Å². The van der Waals surface area contributed by atoms with E-state index in [1.54, 1.807) is 0 Å². The van der Waals surface area contributed by atoms with Crippen LogP contribution < -0.4 is 21.7 Å². The number of carbonyl (C=O) groups is 2. The Labute approximate surface area is 98.6 Å². The van der Waals surface area contributed by atoms with Gasteiger partial charge in [0.15, 0.2) is 0 Å². The first-order valence-electron chi connectivity index (χ1n) is 5.29. The molecule has 1 aliphatic heterocycles. The predicted molar refractivity (Wildman–Crippen MR) is 64.5 cm³/mol. The molecule has 1 heterocycles. The number of anilines is 2. The van der Waals surface area contributed by atoms with Gasteiger partial charge in [-0.05, 0) is 24.1 Å². The molecule has 0 saturated carbocycles. The van der Waals surface area contributed by atoms with Crippen LogP contribution in [0.5, 0.6) is 0 Å². The monoisotopic (exact) mass is 234 g/mol. The van der Waals surface area contributed by atoms with Gasteiger partial charge in [-0.25, -0.2) is 4.79 Å². The van der Waals surface area contributed by atoms with Crippen LogP contribution in [-0.2, 0) is 11.2 Å². The number of nitrogen functional groups attached to an aromatic ring is 1. The maximum absolute atomic E-state index is 11.4. The van der Waals surface area contributed by atoms with Crippen molar-refractivity contribution in [2.45, 2.75) is 6.42 Å². The number of imide groups is 1. The molecule has 1 aromatic rings. The van der Waals surface area contributed by atoms with Crippen LogP contribution in [-0.4, -0.2) is 25.0 Å². The summed E-state index contributed by atoms with van der Waals surface area (Å²) in [6, 6.07) is 4.80. The van der Waals surface area contributed by atoms with Crippen LogP contribution in [0, 0.1) is 0 Å². The number of nitrogens with one attached hydrogen (secondary N) is 1. The maximum atomic E-state index is 11.4. The van der Waals surface area contributed by atoms with E-state index in [1.807, 2.05) is 28.4 Å². The van der Waals surface area contributed by atoms with Gasteiger partial charge in [-0.1, -0.05) is 6.07 Å². The van der Waals surface area contributed by atoms with Crippen molar-refractivity contribution in [3.8, 4) is 0 Å². The van der Waals surface area contributed by atoms with Crippen LogP contribution in [0.1, 0.15) is 5.56 Å². The molecule has 3 amide bonds. The molecule has 6 nitrogen and oxygen atoms in total. The fourth-order valence-electron chi connectivity index (χ4n) is 1.98. The van der Waals surface area contributed by atoms with Crippen molar-refractivity contribution in [1.29, 1.82) is 0 Å². The molecule has 0 aromatic heterocycles. The summed E-state index contributed by atoms with van der Waals surface area (Å²) in [6.07, 6.45) is 0.874. The van der Waals surface area contributed by atoms with E-state index in [2.05, 4.69) is 0 Å². The van der Waals surface area contributed by atoms with Gasteiger partial charge >= 0.3 is 6.03 Å². The van der Waals surface area contributed by atoms with Crippen molar-refractivity contribution in [2.75, 3.05) is 23.7 Å². The Morgan fingerprint density at radius 3 is 2.88 bits per heavy atom. The normalized spacial score (nSPS) is 13.3. The van der Waals surface area contributed by atoms with Crippen LogP contribution in [0.2, 0.25) is 0 Å². The molecule has 0 aliphatic carbocycles. The summed E-state index contributed by atoms with van der Waals surface area (Å²) >= 11 is 0. The molecule has 1 aliphatic rings. The van der Waals surface area contributed by atoms with E-state index in [-0.39, 0.29) is 6.54 Å². The van der Waals surface area contributed by atoms with E-state index in [0.29, 0.717) is 5.69 Å². The molecule has 6 heteroatoms. The fourth-order valence-corrected chi connectivity index (χ4v) is 1.98. The Bertz CT molecular complexity index is 473. The van der Waals surface area contributed by atoms with Crippen molar-refractivity contribution < 1.29 is 9.59 Å². The number of primary amides is 1. The van der Waals surface area contributed by atoms with Gasteiger partial charge in [-0.3, -0.25) is 10.1 Å². The molecule has 0 spiro atoms. The zero-order valence-electron chi connectivity index (χ0n) is 9.27. The third-order valence-electron chi connectivity index (χ3n) is 2.70. The van der Waals surface area contributed by atoms with E-state index >= 15 is 0 Å². The first-order chi connectivity index (χ1) is 8.06. The highest BCUT2D eigenvalue weighted by Crippen LogP contribution is 2.29. The molecule has 0 unspecified atom stereocenters. The quantitative estimate of drug-likeness (QED) is 0.618. The molecule has 0 atom stereocenters. The minimum absolute atomic E-state index is 0.111. The van der Waals surface area contributed by atoms with Gasteiger partial charge in [0.25, 0.3) is 0 Å². The molecular formula is C11H14N4O2. The molecule has 0 saturated heterocycles. The Kier molecular flexibility index (Phi) is 2.86. The third-order valence-corrected chi connectivity index (χ3v) is 2.70. The van der Waals surface area contributed by atoms with Gasteiger partial charge in [-0.2, -0.15) is 0 Å². The van der Waals surface area contributed by atoms with Crippen molar-refractivity contribution >= 4 is 23.3 Å². The summed E-state index contributed by atoms with van der Waals surface area (Å²) in [5, 5.41) is 2.04. The lowest BCUT2D eigenvalue weighted by atomic mass is 10.1. The van der Waals surface area contributed by atoms with Crippen molar-refractivity contribution in [3.05, 3.63) is 23.8 Å². The van der Waals surface area contributed by atoms with Crippen LogP contribution in [0.4, 0.5) is 16.2 Å². The van der Waals surface area contributed by atoms with Gasteiger partial charge in [0, 0.05) is 17.9 Å². The summed E-state index contributed by atoms with van der Waals surface area (Å²) < 4.78 is 0. The zero-order chi connectivity index (χ0) is 12.4. The Morgan fingerprint density at radius 2 is 2.18 bits per heavy atom. The maximum Gasteiger partial charge on any atom is 0.318 e. The summed E-state index contributed by atoms with van der Waals surface area (Å²) in [5.74, 6) is -0.409. The van der Waals surface area contributed by atoms with Gasteiger partial charge < -0.3 is 16.4 Å². The summed E-state index contributed by atoms with van der Waals surface area (Å²) in [6.45, 7) is 0.852. The number of urea groups is 1. The van der Waals surface area contributed by atoms with E-state index in [1.165, 1.54) is 0 Å². The first-order valence-corrected chi connectivity index (χ1v) is 5.29. The Morgan fingerprint density at radius 1 is 1.41 bits per heavy atom. The second kappa shape index (κ2) is 4.32. The van der Waals surface area contributed by atoms with E-state index < -0.39 is 11.9 Å². The smallest absolute Gasteiger partial charge is 0.318 e. The van der Waals surface area contributed by atoms with E-state index in [0.717, 1.165) is 24.2 Å². The summed E-state index contributed by atoms with van der Waals surface area (Å²) in [4.78, 5) is 23.8. The molecule has 1 aromatic carbocycles. The summed E-state index contributed by atoms with van der Waals surface area (Å²) in [5.41, 5.74) is 13.3. The van der Waals surface area contributed by atoms with Crippen LogP contribution >= 0.6 is 0 Å². The van der Waals surface area contributed by atoms with Gasteiger partial charge in [0.2, 0.25) is 5.91 Å². The highest BCUT2D eigenvalue weighted by molar-refractivity contribution is 5.96. The largest absolute Gasteiger partial charge is 0.399 e. The Hall–Kier alpha value is -2.24. The average Bonchev–Trinajstić information content (AvgIpc) is 2.60. The van der Waals surface area contributed by atoms with Crippen molar-refractivity contribution in [3.63, 3.8) is 0 Å². The first kappa shape index (κ1) is 11.3. The zero-order valence-corrected chi connectivity index (χ0v) is 9.27. The molecule has 17 heavy (non-hydrogen) atoms. The second-order valence-electron chi connectivity index (χ2n) is 3.97. The standard InChI is InChI=1S/C11H14N4O2/c12-8-2-1-7-3-4-15(9(7)5-8)6-10(16)14-11(13)17/h1-2,5H,3-4,6,12H2,(H3,13,14,16,17). The lowest BCUT2D eigenvalue weighted by Gasteiger charge is -2.18. The van der Waals surface area contributed by atoms with Crippen LogP contribution in [0.3, 0.4) is 0 Å². The molecular weight excluding hydrogens is 220 g/mol. The van der Waals surface area contributed by atoms with Crippen molar-refractivity contribution in [1.82, 2.24) is 5.32 Å². The SMILES string of the molecule is NC(=O)NC(=O)CN1CCc2ccc(N)cc21. The minimum atomic E-state index is -0.831. The molecule has 0 radical (unpaired) electrons. The number of fused-ring (bicyclic) bond motifs is 1. The second-order valence-corrected chi connectivity index (χ2v) is 3.97. The molecule has 0 fully saturated rings. The van der Waals surface area contributed by atoms with E-state index in [9.17, 15) is 9.59 Å². The number of carbonyl (C=O) groups excluding carboxylic acids is 2. The molecule has 2 rings (SSSR count). The molecule has 0 bridgehead atoms. The van der Waals surface area contributed by atoms with Gasteiger partial charge in [0.1, 0.15) is 0 Å². The minimum Gasteiger partial charge on any atom is -0.399 e. The number of amides is 3. The van der Waals surface area contributed by atoms with Crippen LogP contribution in [0.15, 0.2) is 18.2 Å². The highest BCUT2D eigenvalue weighted by Gasteiger charge is 2.21. The molecule has 5 N–H and O–H groups in total. The number of nitrogens with two attached hydrogens (primary N) is 2.